The quantitative estimate of drug-likeness (QED) is 0.893. The summed E-state index contributed by atoms with van der Waals surface area (Å²) in [6.45, 7) is 0.169. The standard InChI is InChI=1S/C11H10ClNOS/c12-9-3-1-8(2-4-9)11-13-7-10(15-11)5-6-14/h1-4,7,14H,5-6H2. The van der Waals surface area contributed by atoms with E-state index in [2.05, 4.69) is 4.98 Å². The zero-order valence-corrected chi connectivity index (χ0v) is 9.55. The van der Waals surface area contributed by atoms with Crippen LogP contribution in [0.4, 0.5) is 0 Å². The Kier molecular flexibility index (Phi) is 3.36. The fraction of sp³-hybridized carbons (Fsp3) is 0.182. The molecule has 0 atom stereocenters. The highest BCUT2D eigenvalue weighted by atomic mass is 35.5. The van der Waals surface area contributed by atoms with Crippen LogP contribution in [-0.2, 0) is 6.42 Å². The van der Waals surface area contributed by atoms with Crippen LogP contribution in [0.15, 0.2) is 30.5 Å². The highest BCUT2D eigenvalue weighted by Crippen LogP contribution is 2.26. The van der Waals surface area contributed by atoms with Crippen LogP contribution in [-0.4, -0.2) is 16.7 Å². The number of benzene rings is 1. The largest absolute Gasteiger partial charge is 0.396 e. The van der Waals surface area contributed by atoms with Crippen molar-refractivity contribution in [2.24, 2.45) is 0 Å². The van der Waals surface area contributed by atoms with E-state index < -0.39 is 0 Å². The fourth-order valence-electron chi connectivity index (χ4n) is 1.26. The van der Waals surface area contributed by atoms with Gasteiger partial charge in [-0.2, -0.15) is 0 Å². The van der Waals surface area contributed by atoms with Gasteiger partial charge in [-0.15, -0.1) is 11.3 Å². The molecule has 1 aromatic carbocycles. The van der Waals surface area contributed by atoms with Gasteiger partial charge < -0.3 is 5.11 Å². The molecule has 0 radical (unpaired) electrons. The minimum absolute atomic E-state index is 0.169. The van der Waals surface area contributed by atoms with Crippen molar-refractivity contribution in [2.75, 3.05) is 6.61 Å². The van der Waals surface area contributed by atoms with Crippen LogP contribution in [0.25, 0.3) is 10.6 Å². The van der Waals surface area contributed by atoms with Gasteiger partial charge in [-0.1, -0.05) is 23.7 Å². The average Bonchev–Trinajstić information content (AvgIpc) is 2.68. The average molecular weight is 240 g/mol. The molecular formula is C11H10ClNOS. The third kappa shape index (κ3) is 2.56. The van der Waals surface area contributed by atoms with Crippen molar-refractivity contribution in [1.29, 1.82) is 0 Å². The Morgan fingerprint density at radius 3 is 2.67 bits per heavy atom. The van der Waals surface area contributed by atoms with Crippen LogP contribution >= 0.6 is 22.9 Å². The maximum Gasteiger partial charge on any atom is 0.123 e. The van der Waals surface area contributed by atoms with Crippen molar-refractivity contribution in [3.8, 4) is 10.6 Å². The maximum atomic E-state index is 8.80. The number of rotatable bonds is 3. The van der Waals surface area contributed by atoms with Crippen molar-refractivity contribution in [3.63, 3.8) is 0 Å². The molecule has 15 heavy (non-hydrogen) atoms. The summed E-state index contributed by atoms with van der Waals surface area (Å²) >= 11 is 7.41. The molecule has 0 saturated carbocycles. The summed E-state index contributed by atoms with van der Waals surface area (Å²) in [4.78, 5) is 5.40. The molecule has 1 heterocycles. The normalized spacial score (nSPS) is 10.5. The third-order valence-electron chi connectivity index (χ3n) is 2.00. The molecule has 2 rings (SSSR count). The number of hydrogen-bond acceptors (Lipinski definition) is 3. The molecule has 0 spiro atoms. The second kappa shape index (κ2) is 4.75. The van der Waals surface area contributed by atoms with Crippen LogP contribution < -0.4 is 0 Å². The van der Waals surface area contributed by atoms with Crippen molar-refractivity contribution < 1.29 is 5.11 Å². The van der Waals surface area contributed by atoms with E-state index in [1.54, 1.807) is 11.3 Å². The Morgan fingerprint density at radius 1 is 1.27 bits per heavy atom. The first-order valence-corrected chi connectivity index (χ1v) is 5.80. The molecule has 0 aliphatic heterocycles. The molecule has 78 valence electrons. The van der Waals surface area contributed by atoms with Crippen LogP contribution in [0.5, 0.6) is 0 Å². The van der Waals surface area contributed by atoms with E-state index in [1.807, 2.05) is 30.5 Å². The first kappa shape index (κ1) is 10.6. The topological polar surface area (TPSA) is 33.1 Å². The van der Waals surface area contributed by atoms with Crippen LogP contribution in [0.2, 0.25) is 5.02 Å². The van der Waals surface area contributed by atoms with E-state index in [-0.39, 0.29) is 6.61 Å². The monoisotopic (exact) mass is 239 g/mol. The van der Waals surface area contributed by atoms with Gasteiger partial charge in [0, 0.05) is 34.7 Å². The molecule has 0 fully saturated rings. The van der Waals surface area contributed by atoms with Crippen molar-refractivity contribution in [3.05, 3.63) is 40.4 Å². The smallest absolute Gasteiger partial charge is 0.123 e. The van der Waals surface area contributed by atoms with E-state index in [4.69, 9.17) is 16.7 Å². The number of aliphatic hydroxyl groups excluding tert-OH is 1. The molecule has 0 bridgehead atoms. The summed E-state index contributed by atoms with van der Waals surface area (Å²) < 4.78 is 0. The van der Waals surface area contributed by atoms with Crippen LogP contribution in [0.1, 0.15) is 4.88 Å². The van der Waals surface area contributed by atoms with Gasteiger partial charge in [0.1, 0.15) is 5.01 Å². The molecule has 2 aromatic rings. The Hall–Kier alpha value is -0.900. The highest BCUT2D eigenvalue weighted by molar-refractivity contribution is 7.15. The molecule has 0 aliphatic rings. The zero-order valence-electron chi connectivity index (χ0n) is 7.98. The Morgan fingerprint density at radius 2 is 2.00 bits per heavy atom. The second-order valence-electron chi connectivity index (χ2n) is 3.11. The number of hydrogen-bond donors (Lipinski definition) is 1. The second-order valence-corrected chi connectivity index (χ2v) is 4.66. The number of aromatic nitrogens is 1. The van der Waals surface area contributed by atoms with E-state index >= 15 is 0 Å². The molecule has 1 aromatic heterocycles. The SMILES string of the molecule is OCCc1cnc(-c2ccc(Cl)cc2)s1. The number of thiazole rings is 1. The summed E-state index contributed by atoms with van der Waals surface area (Å²) in [5.41, 5.74) is 1.06. The maximum absolute atomic E-state index is 8.80. The van der Waals surface area contributed by atoms with E-state index in [1.165, 1.54) is 0 Å². The number of aliphatic hydroxyl groups is 1. The Labute approximate surface area is 97.2 Å². The van der Waals surface area contributed by atoms with Gasteiger partial charge in [0.05, 0.1) is 0 Å². The van der Waals surface area contributed by atoms with Gasteiger partial charge in [-0.3, -0.25) is 0 Å². The van der Waals surface area contributed by atoms with Crippen LogP contribution in [0, 0.1) is 0 Å². The summed E-state index contributed by atoms with van der Waals surface area (Å²) in [6, 6.07) is 7.60. The van der Waals surface area contributed by atoms with Gasteiger partial charge in [0.15, 0.2) is 0 Å². The molecule has 0 saturated heterocycles. The minimum Gasteiger partial charge on any atom is -0.396 e. The molecular weight excluding hydrogens is 230 g/mol. The minimum atomic E-state index is 0.169. The Bertz CT molecular complexity index is 438. The fourth-order valence-corrected chi connectivity index (χ4v) is 2.29. The van der Waals surface area contributed by atoms with E-state index in [0.717, 1.165) is 20.5 Å². The summed E-state index contributed by atoms with van der Waals surface area (Å²) in [6.07, 6.45) is 2.48. The van der Waals surface area contributed by atoms with E-state index in [0.29, 0.717) is 6.42 Å². The summed E-state index contributed by atoms with van der Waals surface area (Å²) in [5.74, 6) is 0. The van der Waals surface area contributed by atoms with Crippen LogP contribution in [0.3, 0.4) is 0 Å². The first-order chi connectivity index (χ1) is 7.29. The lowest BCUT2D eigenvalue weighted by atomic mass is 10.2. The van der Waals surface area contributed by atoms with Gasteiger partial charge in [-0.05, 0) is 12.1 Å². The van der Waals surface area contributed by atoms with Crippen molar-refractivity contribution in [1.82, 2.24) is 4.98 Å². The zero-order chi connectivity index (χ0) is 10.7. The lowest BCUT2D eigenvalue weighted by Gasteiger charge is -1.95. The molecule has 0 aliphatic carbocycles. The predicted octanol–water partition coefficient (Wildman–Crippen LogP) is 3.00. The van der Waals surface area contributed by atoms with Gasteiger partial charge >= 0.3 is 0 Å². The van der Waals surface area contributed by atoms with Crippen molar-refractivity contribution in [2.45, 2.75) is 6.42 Å². The predicted molar refractivity (Wildman–Crippen MR) is 63.3 cm³/mol. The molecule has 0 unspecified atom stereocenters. The lowest BCUT2D eigenvalue weighted by molar-refractivity contribution is 0.300. The third-order valence-corrected chi connectivity index (χ3v) is 3.36. The highest BCUT2D eigenvalue weighted by Gasteiger charge is 2.03. The molecule has 1 N–H and O–H groups in total. The summed E-state index contributed by atoms with van der Waals surface area (Å²) in [7, 11) is 0. The van der Waals surface area contributed by atoms with Gasteiger partial charge in [0.25, 0.3) is 0 Å². The summed E-state index contributed by atoms with van der Waals surface area (Å²) in [5, 5.41) is 10.5. The van der Waals surface area contributed by atoms with Gasteiger partial charge in [-0.25, -0.2) is 4.98 Å². The number of nitrogens with zero attached hydrogens (tertiary/aromatic N) is 1. The van der Waals surface area contributed by atoms with Crippen molar-refractivity contribution >= 4 is 22.9 Å². The van der Waals surface area contributed by atoms with Gasteiger partial charge in [0.2, 0.25) is 0 Å². The molecule has 2 nitrogen and oxygen atoms in total. The number of halogens is 1. The Balaban J connectivity index is 2.25. The molecule has 4 heteroatoms. The first-order valence-electron chi connectivity index (χ1n) is 4.61. The molecule has 0 amide bonds. The van der Waals surface area contributed by atoms with E-state index in [9.17, 15) is 0 Å². The lowest BCUT2D eigenvalue weighted by Crippen LogP contribution is -1.84.